The van der Waals surface area contributed by atoms with Crippen molar-refractivity contribution in [1.29, 1.82) is 0 Å². The summed E-state index contributed by atoms with van der Waals surface area (Å²) in [6.45, 7) is 1.69. The molecule has 134 valence electrons. The van der Waals surface area contributed by atoms with Gasteiger partial charge < -0.3 is 9.84 Å². The number of carbonyl (C=O) groups excluding carboxylic acids is 1. The van der Waals surface area contributed by atoms with E-state index in [0.717, 1.165) is 10.0 Å². The summed E-state index contributed by atoms with van der Waals surface area (Å²) in [5.74, 6) is 0.974. The number of aliphatic hydroxyl groups excluding tert-OH is 1. The topological polar surface area (TPSA) is 90.1 Å². The smallest absolute Gasteiger partial charge is 0.204 e. The van der Waals surface area contributed by atoms with Gasteiger partial charge in [0, 0.05) is 15.6 Å². The molecule has 2 aromatic carbocycles. The number of ketones is 1. The molecule has 26 heavy (non-hydrogen) atoms. The van der Waals surface area contributed by atoms with Crippen LogP contribution in [0, 0.1) is 0 Å². The summed E-state index contributed by atoms with van der Waals surface area (Å²) in [6.07, 6.45) is -0.817. The van der Waals surface area contributed by atoms with Crippen LogP contribution in [0.3, 0.4) is 0 Å². The van der Waals surface area contributed by atoms with E-state index in [1.165, 1.54) is 11.7 Å². The molecule has 0 aliphatic carbocycles. The van der Waals surface area contributed by atoms with Crippen LogP contribution in [-0.2, 0) is 6.54 Å². The molecular formula is C18H17BrN4O3. The van der Waals surface area contributed by atoms with Crippen molar-refractivity contribution >= 4 is 21.7 Å². The van der Waals surface area contributed by atoms with Crippen LogP contribution in [0.1, 0.15) is 17.3 Å². The van der Waals surface area contributed by atoms with Gasteiger partial charge in [0.15, 0.2) is 5.78 Å². The second-order valence-corrected chi connectivity index (χ2v) is 6.64. The predicted octanol–water partition coefficient (Wildman–Crippen LogP) is 2.75. The zero-order valence-corrected chi connectivity index (χ0v) is 15.6. The summed E-state index contributed by atoms with van der Waals surface area (Å²) >= 11 is 3.38. The van der Waals surface area contributed by atoms with Crippen molar-refractivity contribution < 1.29 is 14.6 Å². The molecule has 3 aromatic rings. The number of aromatic nitrogens is 4. The maximum Gasteiger partial charge on any atom is 0.204 e. The van der Waals surface area contributed by atoms with E-state index in [1.807, 2.05) is 24.3 Å². The molecule has 1 N–H and O–H groups in total. The second kappa shape index (κ2) is 8.20. The molecule has 0 saturated heterocycles. The molecule has 8 heteroatoms. The lowest BCUT2D eigenvalue weighted by Gasteiger charge is -2.11. The number of aliphatic hydroxyl groups is 1. The number of tetrazole rings is 1. The number of ether oxygens (including phenoxy) is 1. The zero-order chi connectivity index (χ0) is 18.5. The standard InChI is InChI=1S/C18H17BrN4O3/c1-12(24)14-3-2-4-17(9-14)26-11-16(25)10-23-21-18(20-22-23)13-5-7-15(19)8-6-13/h2-9,16,25H,10-11H2,1H3. The van der Waals surface area contributed by atoms with Crippen LogP contribution in [-0.4, -0.2) is 43.8 Å². The Balaban J connectivity index is 1.57. The molecular weight excluding hydrogens is 400 g/mol. The fraction of sp³-hybridized carbons (Fsp3) is 0.222. The Morgan fingerprint density at radius 2 is 2.04 bits per heavy atom. The van der Waals surface area contributed by atoms with E-state index < -0.39 is 6.10 Å². The predicted molar refractivity (Wildman–Crippen MR) is 98.9 cm³/mol. The van der Waals surface area contributed by atoms with Gasteiger partial charge >= 0.3 is 0 Å². The van der Waals surface area contributed by atoms with Gasteiger partial charge in [0.25, 0.3) is 0 Å². The lowest BCUT2D eigenvalue weighted by atomic mass is 10.1. The molecule has 0 radical (unpaired) electrons. The Kier molecular flexibility index (Phi) is 5.75. The quantitative estimate of drug-likeness (QED) is 0.595. The van der Waals surface area contributed by atoms with Crippen molar-refractivity contribution in [3.05, 3.63) is 58.6 Å². The van der Waals surface area contributed by atoms with E-state index in [-0.39, 0.29) is 18.9 Å². The van der Waals surface area contributed by atoms with E-state index in [2.05, 4.69) is 31.3 Å². The minimum absolute atomic E-state index is 0.0386. The van der Waals surface area contributed by atoms with Crippen molar-refractivity contribution in [1.82, 2.24) is 20.2 Å². The molecule has 0 aliphatic heterocycles. The van der Waals surface area contributed by atoms with Gasteiger partial charge in [-0.05, 0) is 48.5 Å². The zero-order valence-electron chi connectivity index (χ0n) is 14.0. The van der Waals surface area contributed by atoms with E-state index in [0.29, 0.717) is 17.1 Å². The summed E-state index contributed by atoms with van der Waals surface area (Å²) in [7, 11) is 0. The number of hydrogen-bond acceptors (Lipinski definition) is 6. The van der Waals surface area contributed by atoms with Crippen molar-refractivity contribution in [2.24, 2.45) is 0 Å². The third-order valence-electron chi connectivity index (χ3n) is 3.61. The monoisotopic (exact) mass is 416 g/mol. The van der Waals surface area contributed by atoms with E-state index in [9.17, 15) is 9.90 Å². The van der Waals surface area contributed by atoms with Crippen LogP contribution in [0.5, 0.6) is 5.75 Å². The van der Waals surface area contributed by atoms with Crippen molar-refractivity contribution in [2.45, 2.75) is 19.6 Å². The molecule has 1 heterocycles. The van der Waals surface area contributed by atoms with Gasteiger partial charge in [-0.25, -0.2) is 0 Å². The number of rotatable bonds is 7. The van der Waals surface area contributed by atoms with Gasteiger partial charge in [0.2, 0.25) is 5.82 Å². The van der Waals surface area contributed by atoms with Gasteiger partial charge in [-0.3, -0.25) is 4.79 Å². The molecule has 1 atom stereocenters. The first-order chi connectivity index (χ1) is 12.5. The maximum atomic E-state index is 11.4. The molecule has 3 rings (SSSR count). The fourth-order valence-corrected chi connectivity index (χ4v) is 2.54. The van der Waals surface area contributed by atoms with Gasteiger partial charge in [-0.15, -0.1) is 10.2 Å². The Morgan fingerprint density at radius 1 is 1.27 bits per heavy atom. The third-order valence-corrected chi connectivity index (χ3v) is 4.14. The number of halogens is 1. The Hall–Kier alpha value is -2.58. The SMILES string of the molecule is CC(=O)c1cccc(OCC(O)Cn2nnc(-c3ccc(Br)cc3)n2)c1. The summed E-state index contributed by atoms with van der Waals surface area (Å²) in [5, 5.41) is 22.3. The van der Waals surface area contributed by atoms with Crippen LogP contribution in [0.2, 0.25) is 0 Å². The lowest BCUT2D eigenvalue weighted by molar-refractivity contribution is 0.0849. The van der Waals surface area contributed by atoms with Gasteiger partial charge in [-0.2, -0.15) is 4.80 Å². The molecule has 0 amide bonds. The highest BCUT2D eigenvalue weighted by molar-refractivity contribution is 9.10. The molecule has 0 spiro atoms. The Labute approximate surface area is 158 Å². The highest BCUT2D eigenvalue weighted by Gasteiger charge is 2.11. The van der Waals surface area contributed by atoms with Crippen LogP contribution in [0.25, 0.3) is 11.4 Å². The highest BCUT2D eigenvalue weighted by atomic mass is 79.9. The third kappa shape index (κ3) is 4.74. The summed E-state index contributed by atoms with van der Waals surface area (Å²) in [4.78, 5) is 12.7. The molecule has 1 aromatic heterocycles. The fourth-order valence-electron chi connectivity index (χ4n) is 2.27. The number of Topliss-reactive ketones (excluding diaryl/α,β-unsaturated/α-hetero) is 1. The van der Waals surface area contributed by atoms with Crippen LogP contribution >= 0.6 is 15.9 Å². The normalized spacial score (nSPS) is 12.0. The van der Waals surface area contributed by atoms with Crippen LogP contribution in [0.4, 0.5) is 0 Å². The Bertz CT molecular complexity index is 895. The van der Waals surface area contributed by atoms with Gasteiger partial charge in [0.05, 0.1) is 6.54 Å². The van der Waals surface area contributed by atoms with Crippen molar-refractivity contribution in [3.63, 3.8) is 0 Å². The molecule has 0 bridgehead atoms. The number of benzene rings is 2. The van der Waals surface area contributed by atoms with E-state index >= 15 is 0 Å². The highest BCUT2D eigenvalue weighted by Crippen LogP contribution is 2.17. The molecule has 7 nitrogen and oxygen atoms in total. The van der Waals surface area contributed by atoms with E-state index in [1.54, 1.807) is 24.3 Å². The van der Waals surface area contributed by atoms with Gasteiger partial charge in [-0.1, -0.05) is 28.1 Å². The largest absolute Gasteiger partial charge is 0.491 e. The average molecular weight is 417 g/mol. The maximum absolute atomic E-state index is 11.4. The van der Waals surface area contributed by atoms with Crippen molar-refractivity contribution in [2.75, 3.05) is 6.61 Å². The van der Waals surface area contributed by atoms with Crippen molar-refractivity contribution in [3.8, 4) is 17.1 Å². The first-order valence-electron chi connectivity index (χ1n) is 7.97. The molecule has 0 fully saturated rings. The second-order valence-electron chi connectivity index (χ2n) is 5.72. The molecule has 0 aliphatic rings. The summed E-state index contributed by atoms with van der Waals surface area (Å²) in [5.41, 5.74) is 1.40. The van der Waals surface area contributed by atoms with Gasteiger partial charge in [0.1, 0.15) is 18.5 Å². The number of carbonyl (C=O) groups is 1. The Morgan fingerprint density at radius 3 is 2.77 bits per heavy atom. The first-order valence-corrected chi connectivity index (χ1v) is 8.76. The number of hydrogen-bond donors (Lipinski definition) is 1. The lowest BCUT2D eigenvalue weighted by Crippen LogP contribution is -2.25. The minimum atomic E-state index is -0.817. The first kappa shape index (κ1) is 18.2. The summed E-state index contributed by atoms with van der Waals surface area (Å²) in [6, 6.07) is 14.4. The average Bonchev–Trinajstić information content (AvgIpc) is 3.09. The minimum Gasteiger partial charge on any atom is -0.491 e. The molecule has 0 saturated carbocycles. The molecule has 1 unspecified atom stereocenters. The summed E-state index contributed by atoms with van der Waals surface area (Å²) < 4.78 is 6.51. The van der Waals surface area contributed by atoms with Crippen LogP contribution < -0.4 is 4.74 Å². The van der Waals surface area contributed by atoms with Crippen LogP contribution in [0.15, 0.2) is 53.0 Å². The number of nitrogens with zero attached hydrogens (tertiary/aromatic N) is 4. The van der Waals surface area contributed by atoms with E-state index in [4.69, 9.17) is 4.74 Å².